The molecule has 2 aromatic rings. The molecule has 5 nitrogen and oxygen atoms in total. The summed E-state index contributed by atoms with van der Waals surface area (Å²) < 4.78 is 1.48. The van der Waals surface area contributed by atoms with E-state index in [0.717, 1.165) is 3.57 Å². The first-order chi connectivity index (χ1) is 12.3. The van der Waals surface area contributed by atoms with Crippen molar-refractivity contribution in [2.75, 3.05) is 4.90 Å². The van der Waals surface area contributed by atoms with Gasteiger partial charge in [0.05, 0.1) is 9.26 Å². The summed E-state index contributed by atoms with van der Waals surface area (Å²) in [6, 6.07) is 10.1. The minimum absolute atomic E-state index is 0.00146. The molecule has 0 radical (unpaired) electrons. The van der Waals surface area contributed by atoms with E-state index in [0.29, 0.717) is 19.8 Å². The zero-order valence-corrected chi connectivity index (χ0v) is 18.7. The molecule has 9 heteroatoms. The quantitative estimate of drug-likeness (QED) is 0.233. The Hall–Kier alpha value is -1.24. The van der Waals surface area contributed by atoms with Crippen LogP contribution < -0.4 is 10.2 Å². The third-order valence-corrected chi connectivity index (χ3v) is 5.49. The third kappa shape index (κ3) is 3.87. The van der Waals surface area contributed by atoms with E-state index in [4.69, 9.17) is 23.8 Å². The van der Waals surface area contributed by atoms with Gasteiger partial charge in [-0.25, -0.2) is 0 Å². The molecule has 0 saturated carbocycles. The van der Waals surface area contributed by atoms with Gasteiger partial charge in [-0.05, 0) is 93.8 Å². The van der Waals surface area contributed by atoms with Gasteiger partial charge in [-0.2, -0.15) is 0 Å². The van der Waals surface area contributed by atoms with Crippen LogP contribution in [0.5, 0.6) is 5.75 Å². The van der Waals surface area contributed by atoms with Gasteiger partial charge in [0.2, 0.25) is 0 Å². The van der Waals surface area contributed by atoms with Crippen molar-refractivity contribution < 1.29 is 14.7 Å². The van der Waals surface area contributed by atoms with Gasteiger partial charge in [-0.15, -0.1) is 0 Å². The molecule has 132 valence electrons. The first-order valence-electron chi connectivity index (χ1n) is 7.13. The number of hydrogen-bond donors (Lipinski definition) is 2. The number of rotatable bonds is 2. The largest absolute Gasteiger partial charge is 0.506 e. The van der Waals surface area contributed by atoms with Crippen molar-refractivity contribution in [3.8, 4) is 5.75 Å². The fourth-order valence-corrected chi connectivity index (χ4v) is 4.71. The number of phenolic OH excluding ortho intramolecular Hbond substituents is 1. The predicted molar refractivity (Wildman–Crippen MR) is 121 cm³/mol. The molecule has 0 aromatic heterocycles. The lowest BCUT2D eigenvalue weighted by molar-refractivity contribution is -0.122. The molecular weight excluding hydrogens is 602 g/mol. The summed E-state index contributed by atoms with van der Waals surface area (Å²) in [7, 11) is 0. The molecule has 1 heterocycles. The monoisotopic (exact) mass is 610 g/mol. The van der Waals surface area contributed by atoms with Crippen molar-refractivity contribution in [1.29, 1.82) is 0 Å². The van der Waals surface area contributed by atoms with Gasteiger partial charge < -0.3 is 5.11 Å². The maximum Gasteiger partial charge on any atom is 0.270 e. The number of carbonyl (C=O) groups is 2. The number of benzene rings is 2. The van der Waals surface area contributed by atoms with Crippen LogP contribution in [0, 0.1) is 7.14 Å². The van der Waals surface area contributed by atoms with Crippen LogP contribution in [0.1, 0.15) is 5.56 Å². The number of phenols is 1. The number of amides is 2. The lowest BCUT2D eigenvalue weighted by Gasteiger charge is -2.29. The van der Waals surface area contributed by atoms with Crippen LogP contribution in [0.2, 0.25) is 5.02 Å². The van der Waals surface area contributed by atoms with Crippen LogP contribution >= 0.6 is 69.0 Å². The zero-order valence-electron chi connectivity index (χ0n) is 12.8. The second kappa shape index (κ2) is 7.79. The molecule has 0 aliphatic carbocycles. The van der Waals surface area contributed by atoms with Crippen molar-refractivity contribution in [2.45, 2.75) is 0 Å². The molecule has 0 spiro atoms. The van der Waals surface area contributed by atoms with E-state index in [1.54, 1.807) is 36.4 Å². The van der Waals surface area contributed by atoms with E-state index < -0.39 is 11.8 Å². The van der Waals surface area contributed by atoms with Crippen LogP contribution in [0.25, 0.3) is 6.08 Å². The van der Waals surface area contributed by atoms with E-state index in [-0.39, 0.29) is 16.4 Å². The first-order valence-corrected chi connectivity index (χ1v) is 10.1. The van der Waals surface area contributed by atoms with Crippen molar-refractivity contribution >= 4 is 97.7 Å². The summed E-state index contributed by atoms with van der Waals surface area (Å²) in [5.41, 5.74) is 0.685. The highest BCUT2D eigenvalue weighted by Crippen LogP contribution is 2.30. The molecule has 2 amide bonds. The molecule has 1 saturated heterocycles. The number of nitrogens with one attached hydrogen (secondary N) is 1. The second-order valence-electron chi connectivity index (χ2n) is 5.26. The zero-order chi connectivity index (χ0) is 19.0. The van der Waals surface area contributed by atoms with Gasteiger partial charge in [0.1, 0.15) is 11.3 Å². The molecule has 1 fully saturated rings. The van der Waals surface area contributed by atoms with E-state index in [1.165, 1.54) is 11.0 Å². The van der Waals surface area contributed by atoms with Crippen molar-refractivity contribution in [3.63, 3.8) is 0 Å². The molecule has 1 aliphatic rings. The Morgan fingerprint density at radius 3 is 2.62 bits per heavy atom. The summed E-state index contributed by atoms with van der Waals surface area (Å²) in [5, 5.41) is 13.1. The molecule has 3 rings (SSSR count). The van der Waals surface area contributed by atoms with Gasteiger partial charge in [0.25, 0.3) is 11.8 Å². The molecule has 0 atom stereocenters. The normalized spacial score (nSPS) is 16.2. The highest BCUT2D eigenvalue weighted by atomic mass is 127. The Morgan fingerprint density at radius 1 is 1.19 bits per heavy atom. The summed E-state index contributed by atoms with van der Waals surface area (Å²) >= 11 is 15.2. The average Bonchev–Trinajstić information content (AvgIpc) is 2.55. The molecule has 26 heavy (non-hydrogen) atoms. The van der Waals surface area contributed by atoms with E-state index in [9.17, 15) is 14.7 Å². The smallest absolute Gasteiger partial charge is 0.270 e. The number of carbonyl (C=O) groups excluding carboxylic acids is 2. The SMILES string of the molecule is O=C1NC(=S)N(c2cccc(Cl)c2)C(=O)/C1=C/c1cc(I)cc(I)c1O. The highest BCUT2D eigenvalue weighted by molar-refractivity contribution is 14.1. The number of nitrogens with zero attached hydrogens (tertiary/aromatic N) is 1. The number of halogens is 3. The maximum absolute atomic E-state index is 12.9. The lowest BCUT2D eigenvalue weighted by atomic mass is 10.1. The van der Waals surface area contributed by atoms with Gasteiger partial charge in [0.15, 0.2) is 5.11 Å². The van der Waals surface area contributed by atoms with Crippen molar-refractivity contribution in [1.82, 2.24) is 5.32 Å². The Balaban J connectivity index is 2.09. The van der Waals surface area contributed by atoms with Gasteiger partial charge in [-0.1, -0.05) is 17.7 Å². The maximum atomic E-state index is 12.9. The van der Waals surface area contributed by atoms with Crippen LogP contribution in [-0.4, -0.2) is 22.0 Å². The number of aromatic hydroxyl groups is 1. The minimum Gasteiger partial charge on any atom is -0.506 e. The van der Waals surface area contributed by atoms with Gasteiger partial charge in [0, 0.05) is 14.2 Å². The minimum atomic E-state index is -0.619. The van der Waals surface area contributed by atoms with E-state index in [1.807, 2.05) is 22.6 Å². The number of hydrogen-bond acceptors (Lipinski definition) is 4. The highest BCUT2D eigenvalue weighted by Gasteiger charge is 2.34. The fraction of sp³-hybridized carbons (Fsp3) is 0. The van der Waals surface area contributed by atoms with Gasteiger partial charge in [-0.3, -0.25) is 19.8 Å². The van der Waals surface area contributed by atoms with Crippen LogP contribution in [0.15, 0.2) is 42.0 Å². The Bertz CT molecular complexity index is 994. The van der Waals surface area contributed by atoms with Crippen LogP contribution in [0.3, 0.4) is 0 Å². The molecule has 2 aromatic carbocycles. The standard InChI is InChI=1S/C17H9ClI2N2O3S/c18-9-2-1-3-11(6-9)22-16(25)12(15(24)21-17(22)26)5-8-4-10(19)7-13(20)14(8)23/h1-7,23H,(H,21,24,26)/b12-5+. The molecule has 0 unspecified atom stereocenters. The topological polar surface area (TPSA) is 69.6 Å². The summed E-state index contributed by atoms with van der Waals surface area (Å²) in [6.07, 6.45) is 1.36. The molecule has 1 aliphatic heterocycles. The Labute approximate surface area is 186 Å². The van der Waals surface area contributed by atoms with Crippen molar-refractivity contribution in [3.05, 3.63) is 59.7 Å². The van der Waals surface area contributed by atoms with Crippen LogP contribution in [-0.2, 0) is 9.59 Å². The summed E-state index contributed by atoms with van der Waals surface area (Å²) in [6.45, 7) is 0. The number of anilines is 1. The lowest BCUT2D eigenvalue weighted by Crippen LogP contribution is -2.54. The predicted octanol–water partition coefficient (Wildman–Crippen LogP) is 4.09. The number of thiocarbonyl (C=S) groups is 1. The first kappa shape index (κ1) is 19.5. The van der Waals surface area contributed by atoms with E-state index in [2.05, 4.69) is 27.9 Å². The second-order valence-corrected chi connectivity index (χ2v) is 8.49. The molecular formula is C17H9ClI2N2O3S. The molecule has 0 bridgehead atoms. The average molecular weight is 611 g/mol. The Morgan fingerprint density at radius 2 is 1.92 bits per heavy atom. The van der Waals surface area contributed by atoms with Gasteiger partial charge >= 0.3 is 0 Å². The van der Waals surface area contributed by atoms with E-state index >= 15 is 0 Å². The molecule has 2 N–H and O–H groups in total. The van der Waals surface area contributed by atoms with Crippen LogP contribution in [0.4, 0.5) is 5.69 Å². The summed E-state index contributed by atoms with van der Waals surface area (Å²) in [5.74, 6) is -1.21. The Kier molecular flexibility index (Phi) is 5.85. The third-order valence-electron chi connectivity index (χ3n) is 3.53. The fourth-order valence-electron chi connectivity index (χ4n) is 2.36. The summed E-state index contributed by atoms with van der Waals surface area (Å²) in [4.78, 5) is 26.4. The van der Waals surface area contributed by atoms with Crippen molar-refractivity contribution in [2.24, 2.45) is 0 Å².